The summed E-state index contributed by atoms with van der Waals surface area (Å²) in [5.74, 6) is 0.805. The summed E-state index contributed by atoms with van der Waals surface area (Å²) in [6.45, 7) is 3.50. The number of hydrogen-bond acceptors (Lipinski definition) is 3. The molecular weight excluding hydrogens is 228 g/mol. The van der Waals surface area contributed by atoms with Gasteiger partial charge in [-0.2, -0.15) is 0 Å². The van der Waals surface area contributed by atoms with Crippen LogP contribution in [0.1, 0.15) is 44.9 Å². The van der Waals surface area contributed by atoms with Gasteiger partial charge in [0.05, 0.1) is 6.04 Å². The van der Waals surface area contributed by atoms with Crippen molar-refractivity contribution in [3.63, 3.8) is 0 Å². The third-order valence-electron chi connectivity index (χ3n) is 4.03. The molecule has 0 aromatic carbocycles. The molecule has 0 radical (unpaired) electrons. The predicted octanol–water partition coefficient (Wildman–Crippen LogP) is 1.45. The van der Waals surface area contributed by atoms with Crippen LogP contribution in [0.2, 0.25) is 0 Å². The molecule has 18 heavy (non-hydrogen) atoms. The van der Waals surface area contributed by atoms with E-state index in [0.717, 1.165) is 45.6 Å². The Bertz CT molecular complexity index is 244. The molecule has 2 aliphatic rings. The molecule has 0 aromatic rings. The summed E-state index contributed by atoms with van der Waals surface area (Å²) in [7, 11) is 0. The number of ether oxygens (including phenoxy) is 1. The quantitative estimate of drug-likeness (QED) is 0.801. The molecule has 2 N–H and O–H groups in total. The Morgan fingerprint density at radius 3 is 2.72 bits per heavy atom. The fraction of sp³-hybridized carbons (Fsp3) is 0.929. The summed E-state index contributed by atoms with van der Waals surface area (Å²) >= 11 is 0. The molecule has 0 aromatic heterocycles. The van der Waals surface area contributed by atoms with Crippen LogP contribution >= 0.6 is 0 Å². The maximum absolute atomic E-state index is 12.1. The molecule has 4 heteroatoms. The molecule has 0 spiro atoms. The van der Waals surface area contributed by atoms with E-state index in [0.29, 0.717) is 5.92 Å². The molecule has 0 saturated carbocycles. The van der Waals surface area contributed by atoms with Crippen molar-refractivity contribution in [1.29, 1.82) is 0 Å². The second-order valence-corrected chi connectivity index (χ2v) is 5.51. The molecule has 4 nitrogen and oxygen atoms in total. The monoisotopic (exact) mass is 254 g/mol. The normalized spacial score (nSPS) is 27.2. The maximum atomic E-state index is 12.1. The molecule has 2 heterocycles. The van der Waals surface area contributed by atoms with Crippen LogP contribution in [0, 0.1) is 5.92 Å². The minimum atomic E-state index is 0.0325. The smallest absolute Gasteiger partial charge is 0.237 e. The van der Waals surface area contributed by atoms with Gasteiger partial charge in [-0.25, -0.2) is 0 Å². The highest BCUT2D eigenvalue weighted by atomic mass is 16.5. The summed E-state index contributed by atoms with van der Waals surface area (Å²) in [5, 5.41) is 6.49. The number of hydrogen-bond donors (Lipinski definition) is 2. The zero-order valence-corrected chi connectivity index (χ0v) is 11.2. The minimum Gasteiger partial charge on any atom is -0.381 e. The van der Waals surface area contributed by atoms with Crippen molar-refractivity contribution in [1.82, 2.24) is 10.6 Å². The molecule has 1 amide bonds. The fourth-order valence-corrected chi connectivity index (χ4v) is 2.75. The van der Waals surface area contributed by atoms with E-state index >= 15 is 0 Å². The van der Waals surface area contributed by atoms with Crippen molar-refractivity contribution in [3.05, 3.63) is 0 Å². The van der Waals surface area contributed by atoms with Gasteiger partial charge in [-0.15, -0.1) is 0 Å². The average molecular weight is 254 g/mol. The van der Waals surface area contributed by atoms with Crippen molar-refractivity contribution in [2.45, 2.75) is 51.0 Å². The van der Waals surface area contributed by atoms with E-state index in [1.54, 1.807) is 0 Å². The summed E-state index contributed by atoms with van der Waals surface area (Å²) < 4.78 is 5.33. The molecule has 1 unspecified atom stereocenters. The first-order chi connectivity index (χ1) is 8.86. The molecule has 2 rings (SSSR count). The summed E-state index contributed by atoms with van der Waals surface area (Å²) in [5.41, 5.74) is 0. The standard InChI is InChI=1S/C14H26N2O2/c17-14(13-5-3-1-2-4-8-15-13)16-11-12-6-9-18-10-7-12/h12-13,15H,1-11H2,(H,16,17). The van der Waals surface area contributed by atoms with Crippen LogP contribution in [0.25, 0.3) is 0 Å². The third-order valence-corrected chi connectivity index (χ3v) is 4.03. The lowest BCUT2D eigenvalue weighted by Gasteiger charge is -2.25. The highest BCUT2D eigenvalue weighted by Gasteiger charge is 2.20. The second kappa shape index (κ2) is 7.74. The van der Waals surface area contributed by atoms with Crippen LogP contribution in [-0.4, -0.2) is 38.3 Å². The van der Waals surface area contributed by atoms with Crippen molar-refractivity contribution < 1.29 is 9.53 Å². The summed E-state index contributed by atoms with van der Waals surface area (Å²) in [6, 6.07) is 0.0325. The van der Waals surface area contributed by atoms with E-state index in [1.807, 2.05) is 0 Å². The lowest BCUT2D eigenvalue weighted by Crippen LogP contribution is -2.46. The van der Waals surface area contributed by atoms with Crippen LogP contribution in [0.4, 0.5) is 0 Å². The first-order valence-corrected chi connectivity index (χ1v) is 7.45. The Hall–Kier alpha value is -0.610. The highest BCUT2D eigenvalue weighted by Crippen LogP contribution is 2.14. The van der Waals surface area contributed by atoms with Crippen LogP contribution in [0.3, 0.4) is 0 Å². The van der Waals surface area contributed by atoms with E-state index in [9.17, 15) is 4.79 Å². The zero-order valence-electron chi connectivity index (χ0n) is 11.2. The highest BCUT2D eigenvalue weighted by molar-refractivity contribution is 5.81. The number of carbonyl (C=O) groups is 1. The first kappa shape index (κ1) is 13.8. The molecule has 1 atom stereocenters. The molecular formula is C14H26N2O2. The molecule has 0 aliphatic carbocycles. The van der Waals surface area contributed by atoms with E-state index in [1.165, 1.54) is 25.7 Å². The van der Waals surface area contributed by atoms with Gasteiger partial charge >= 0.3 is 0 Å². The Labute approximate surface area is 110 Å². The molecule has 2 aliphatic heterocycles. The topological polar surface area (TPSA) is 50.4 Å². The lowest BCUT2D eigenvalue weighted by molar-refractivity contribution is -0.123. The SMILES string of the molecule is O=C(NCC1CCOCC1)C1CCCCCCN1. The number of amides is 1. The van der Waals surface area contributed by atoms with Crippen molar-refractivity contribution >= 4 is 5.91 Å². The van der Waals surface area contributed by atoms with Gasteiger partial charge in [0.25, 0.3) is 0 Å². The van der Waals surface area contributed by atoms with Gasteiger partial charge in [-0.1, -0.05) is 19.3 Å². The summed E-state index contributed by atoms with van der Waals surface area (Å²) in [4.78, 5) is 12.1. The Morgan fingerprint density at radius 1 is 1.11 bits per heavy atom. The van der Waals surface area contributed by atoms with E-state index in [4.69, 9.17) is 4.74 Å². The van der Waals surface area contributed by atoms with Crippen molar-refractivity contribution in [2.75, 3.05) is 26.3 Å². The average Bonchev–Trinajstić information content (AvgIpc) is 2.37. The molecule has 104 valence electrons. The van der Waals surface area contributed by atoms with Crippen molar-refractivity contribution in [2.24, 2.45) is 5.92 Å². The van der Waals surface area contributed by atoms with Gasteiger partial charge < -0.3 is 15.4 Å². The predicted molar refractivity (Wildman–Crippen MR) is 71.4 cm³/mol. The zero-order chi connectivity index (χ0) is 12.6. The van der Waals surface area contributed by atoms with Gasteiger partial charge in [0.2, 0.25) is 5.91 Å². The largest absolute Gasteiger partial charge is 0.381 e. The van der Waals surface area contributed by atoms with Crippen molar-refractivity contribution in [3.8, 4) is 0 Å². The second-order valence-electron chi connectivity index (χ2n) is 5.51. The van der Waals surface area contributed by atoms with Gasteiger partial charge in [0, 0.05) is 19.8 Å². The van der Waals surface area contributed by atoms with Gasteiger partial charge in [0.15, 0.2) is 0 Å². The van der Waals surface area contributed by atoms with E-state index in [-0.39, 0.29) is 11.9 Å². The van der Waals surface area contributed by atoms with E-state index < -0.39 is 0 Å². The summed E-state index contributed by atoms with van der Waals surface area (Å²) in [6.07, 6.45) is 8.08. The number of rotatable bonds is 3. The van der Waals surface area contributed by atoms with Crippen LogP contribution in [0.5, 0.6) is 0 Å². The van der Waals surface area contributed by atoms with Gasteiger partial charge in [0.1, 0.15) is 0 Å². The lowest BCUT2D eigenvalue weighted by atomic mass is 9.99. The Morgan fingerprint density at radius 2 is 1.89 bits per heavy atom. The molecule has 0 bridgehead atoms. The van der Waals surface area contributed by atoms with Crippen LogP contribution in [0.15, 0.2) is 0 Å². The maximum Gasteiger partial charge on any atom is 0.237 e. The Balaban J connectivity index is 1.68. The van der Waals surface area contributed by atoms with Crippen LogP contribution < -0.4 is 10.6 Å². The van der Waals surface area contributed by atoms with E-state index in [2.05, 4.69) is 10.6 Å². The molecule has 2 saturated heterocycles. The third kappa shape index (κ3) is 4.58. The number of carbonyl (C=O) groups excluding carboxylic acids is 1. The van der Waals surface area contributed by atoms with Crippen LogP contribution in [-0.2, 0) is 9.53 Å². The minimum absolute atomic E-state index is 0.0325. The number of nitrogens with one attached hydrogen (secondary N) is 2. The molecule has 2 fully saturated rings. The van der Waals surface area contributed by atoms with Gasteiger partial charge in [-0.3, -0.25) is 4.79 Å². The Kier molecular flexibility index (Phi) is 5.94. The first-order valence-electron chi connectivity index (χ1n) is 7.45. The van der Waals surface area contributed by atoms with Gasteiger partial charge in [-0.05, 0) is 38.1 Å². The fourth-order valence-electron chi connectivity index (χ4n) is 2.75.